The molecule has 4 heteroatoms. The zero-order chi connectivity index (χ0) is 9.97. The smallest absolute Gasteiger partial charge is 0.544 e. The molecule has 1 aromatic heterocycles. The fraction of sp³-hybridized carbons (Fsp3) is 0. The fourth-order valence-electron chi connectivity index (χ4n) is 1.23. The van der Waals surface area contributed by atoms with Crippen molar-refractivity contribution in [3.63, 3.8) is 0 Å². The van der Waals surface area contributed by atoms with Crippen molar-refractivity contribution in [1.29, 1.82) is 0 Å². The van der Waals surface area contributed by atoms with E-state index in [1.165, 1.54) is 11.3 Å². The molecule has 0 aliphatic heterocycles. The van der Waals surface area contributed by atoms with E-state index in [0.29, 0.717) is 0 Å². The average molecular weight is 242 g/mol. The number of hydrogen-bond donors (Lipinski definition) is 0. The van der Waals surface area contributed by atoms with Gasteiger partial charge in [0.25, 0.3) is 0 Å². The number of carboxylic acids is 1. The molecule has 2 aromatic rings. The average Bonchev–Trinajstić information content (AvgIpc) is 2.68. The van der Waals surface area contributed by atoms with Gasteiger partial charge in [0.1, 0.15) is 0 Å². The third-order valence-electron chi connectivity index (χ3n) is 1.91. The maximum atomic E-state index is 10.5. The van der Waals surface area contributed by atoms with Crippen LogP contribution in [0.3, 0.4) is 0 Å². The number of hydrogen-bond acceptors (Lipinski definition) is 3. The zero-order valence-corrected chi connectivity index (χ0v) is 12.2. The van der Waals surface area contributed by atoms with Crippen LogP contribution in [0.1, 0.15) is 9.67 Å². The Hall–Kier alpha value is 0.0264. The van der Waals surface area contributed by atoms with Crippen molar-refractivity contribution in [1.82, 2.24) is 0 Å². The third-order valence-corrected chi connectivity index (χ3v) is 2.82. The van der Waals surface area contributed by atoms with E-state index in [9.17, 15) is 9.90 Å². The minimum atomic E-state index is -1.11. The first-order valence-corrected chi connectivity index (χ1v) is 5.00. The predicted molar refractivity (Wildman–Crippen MR) is 54.1 cm³/mol. The maximum absolute atomic E-state index is 10.5. The van der Waals surface area contributed by atoms with Gasteiger partial charge < -0.3 is 9.90 Å². The summed E-state index contributed by atoms with van der Waals surface area (Å²) in [6, 6.07) is 11.3. The second kappa shape index (κ2) is 5.93. The molecule has 0 N–H and O–H groups in total. The minimum Gasteiger partial charge on any atom is -0.544 e. The molecule has 0 bridgehead atoms. The van der Waals surface area contributed by atoms with E-state index in [1.807, 2.05) is 35.7 Å². The third kappa shape index (κ3) is 3.24. The van der Waals surface area contributed by atoms with Gasteiger partial charge in [-0.1, -0.05) is 30.3 Å². The van der Waals surface area contributed by atoms with Crippen LogP contribution >= 0.6 is 11.3 Å². The van der Waals surface area contributed by atoms with Gasteiger partial charge in [0.15, 0.2) is 0 Å². The Labute approximate surface area is 134 Å². The minimum absolute atomic E-state index is 0. The van der Waals surface area contributed by atoms with Gasteiger partial charge >= 0.3 is 51.4 Å². The summed E-state index contributed by atoms with van der Waals surface area (Å²) in [6.45, 7) is 0. The molecule has 0 aliphatic rings. The first-order valence-electron chi connectivity index (χ1n) is 4.12. The van der Waals surface area contributed by atoms with Crippen molar-refractivity contribution in [3.05, 3.63) is 46.7 Å². The van der Waals surface area contributed by atoms with E-state index < -0.39 is 5.97 Å². The van der Waals surface area contributed by atoms with Crippen LogP contribution in [0.2, 0.25) is 0 Å². The Kier molecular flexibility index (Phi) is 5.18. The molecule has 2 nitrogen and oxygen atoms in total. The van der Waals surface area contributed by atoms with Gasteiger partial charge in [-0.15, -0.1) is 11.3 Å². The van der Waals surface area contributed by atoms with Crippen LogP contribution in [0.5, 0.6) is 0 Å². The topological polar surface area (TPSA) is 40.1 Å². The molecular formula is C11H7KO2S. The van der Waals surface area contributed by atoms with E-state index in [4.69, 9.17) is 0 Å². The largest absolute Gasteiger partial charge is 1.00 e. The van der Waals surface area contributed by atoms with Crippen LogP contribution in [-0.4, -0.2) is 5.97 Å². The molecule has 15 heavy (non-hydrogen) atoms. The summed E-state index contributed by atoms with van der Waals surface area (Å²) in [5.74, 6) is -1.11. The number of aromatic carboxylic acids is 1. The van der Waals surface area contributed by atoms with Crippen molar-refractivity contribution >= 4 is 17.3 Å². The SMILES string of the molecule is O=C([O-])c1cc(-c2ccccc2)cs1.[K+]. The molecule has 0 atom stereocenters. The quantitative estimate of drug-likeness (QED) is 0.620. The summed E-state index contributed by atoms with van der Waals surface area (Å²) in [5.41, 5.74) is 1.95. The molecule has 0 spiro atoms. The van der Waals surface area contributed by atoms with Crippen molar-refractivity contribution in [2.75, 3.05) is 0 Å². The van der Waals surface area contributed by atoms with E-state index in [2.05, 4.69) is 0 Å². The van der Waals surface area contributed by atoms with Gasteiger partial charge in [0.05, 0.1) is 10.8 Å². The molecule has 2 rings (SSSR count). The van der Waals surface area contributed by atoms with Crippen LogP contribution < -0.4 is 56.5 Å². The second-order valence-corrected chi connectivity index (χ2v) is 3.76. The Morgan fingerprint density at radius 2 is 1.80 bits per heavy atom. The summed E-state index contributed by atoms with van der Waals surface area (Å²) in [7, 11) is 0. The van der Waals surface area contributed by atoms with Crippen LogP contribution in [0.25, 0.3) is 11.1 Å². The van der Waals surface area contributed by atoms with Crippen molar-refractivity contribution in [2.24, 2.45) is 0 Å². The standard InChI is InChI=1S/C11H8O2S.K/c12-11(13)10-6-9(7-14-10)8-4-2-1-3-5-8;/h1-7H,(H,12,13);/q;+1/p-1. The van der Waals surface area contributed by atoms with Crippen molar-refractivity contribution < 1.29 is 61.3 Å². The summed E-state index contributed by atoms with van der Waals surface area (Å²) in [4.78, 5) is 10.8. The molecule has 0 fully saturated rings. The number of rotatable bonds is 2. The molecule has 1 heterocycles. The number of carbonyl (C=O) groups excluding carboxylic acids is 1. The Morgan fingerprint density at radius 3 is 2.33 bits per heavy atom. The molecule has 0 unspecified atom stereocenters. The molecule has 0 amide bonds. The molecule has 1 aromatic carbocycles. The Bertz CT molecular complexity index is 451. The monoisotopic (exact) mass is 242 g/mol. The van der Waals surface area contributed by atoms with E-state index >= 15 is 0 Å². The summed E-state index contributed by atoms with van der Waals surface area (Å²) >= 11 is 1.19. The van der Waals surface area contributed by atoms with Gasteiger partial charge in [-0.05, 0) is 22.6 Å². The molecule has 0 aliphatic carbocycles. The number of carbonyl (C=O) groups is 1. The van der Waals surface area contributed by atoms with Crippen molar-refractivity contribution in [2.45, 2.75) is 0 Å². The molecule has 0 saturated carbocycles. The van der Waals surface area contributed by atoms with E-state index in [-0.39, 0.29) is 56.3 Å². The second-order valence-electron chi connectivity index (χ2n) is 2.85. The Morgan fingerprint density at radius 1 is 1.13 bits per heavy atom. The zero-order valence-electron chi connectivity index (χ0n) is 8.27. The fourth-order valence-corrected chi connectivity index (χ4v) is 1.97. The maximum Gasteiger partial charge on any atom is 1.00 e. The summed E-state index contributed by atoms with van der Waals surface area (Å²) < 4.78 is 0. The first-order chi connectivity index (χ1) is 6.77. The molecule has 0 radical (unpaired) electrons. The van der Waals surface area contributed by atoms with E-state index in [0.717, 1.165) is 11.1 Å². The predicted octanol–water partition coefficient (Wildman–Crippen LogP) is -1.22. The van der Waals surface area contributed by atoms with Gasteiger partial charge in [-0.3, -0.25) is 0 Å². The number of thiophene rings is 1. The molecule has 70 valence electrons. The van der Waals surface area contributed by atoms with Crippen molar-refractivity contribution in [3.8, 4) is 11.1 Å². The molecule has 0 saturated heterocycles. The van der Waals surface area contributed by atoms with Crippen LogP contribution in [0.4, 0.5) is 0 Å². The van der Waals surface area contributed by atoms with Gasteiger partial charge in [0.2, 0.25) is 0 Å². The molecular weight excluding hydrogens is 235 g/mol. The summed E-state index contributed by atoms with van der Waals surface area (Å²) in [5, 5.41) is 12.4. The van der Waals surface area contributed by atoms with Gasteiger partial charge in [0, 0.05) is 0 Å². The van der Waals surface area contributed by atoms with Crippen LogP contribution in [-0.2, 0) is 0 Å². The van der Waals surface area contributed by atoms with Crippen LogP contribution in [0, 0.1) is 0 Å². The van der Waals surface area contributed by atoms with Gasteiger partial charge in [-0.2, -0.15) is 0 Å². The Balaban J connectivity index is 0.00000112. The number of carboxylic acid groups (broad SMARTS) is 1. The van der Waals surface area contributed by atoms with Crippen LogP contribution in [0.15, 0.2) is 41.8 Å². The normalized spacial score (nSPS) is 9.33. The first kappa shape index (κ1) is 13.1. The van der Waals surface area contributed by atoms with E-state index in [1.54, 1.807) is 6.07 Å². The van der Waals surface area contributed by atoms with Gasteiger partial charge in [-0.25, -0.2) is 0 Å². The number of benzene rings is 1. The summed E-state index contributed by atoms with van der Waals surface area (Å²) in [6.07, 6.45) is 0.